The van der Waals surface area contributed by atoms with Crippen molar-refractivity contribution in [3.8, 4) is 0 Å². The molecule has 1 heterocycles. The van der Waals surface area contributed by atoms with E-state index in [1.54, 1.807) is 0 Å². The molecule has 0 saturated carbocycles. The predicted octanol–water partition coefficient (Wildman–Crippen LogP) is 3.17. The van der Waals surface area contributed by atoms with Gasteiger partial charge in [-0.1, -0.05) is 18.2 Å². The number of para-hydroxylation sites is 2. The van der Waals surface area contributed by atoms with Crippen molar-refractivity contribution < 1.29 is 0 Å². The lowest BCUT2D eigenvalue weighted by Crippen LogP contribution is -2.36. The van der Waals surface area contributed by atoms with E-state index in [-0.39, 0.29) is 0 Å². The molecule has 98 valence electrons. The molecule has 2 N–H and O–H groups in total. The molecule has 3 nitrogen and oxygen atoms in total. The predicted molar refractivity (Wildman–Crippen MR) is 82.3 cm³/mol. The van der Waals surface area contributed by atoms with Gasteiger partial charge in [0.25, 0.3) is 0 Å². The maximum absolute atomic E-state index is 5.94. The fraction of sp³-hybridized carbons (Fsp3) is 0.250. The molecular formula is C16H19N3. The Labute approximate surface area is 114 Å². The first kappa shape index (κ1) is 11.9. The molecule has 3 heteroatoms. The highest BCUT2D eigenvalue weighted by molar-refractivity contribution is 5.81. The third kappa shape index (κ3) is 2.01. The van der Waals surface area contributed by atoms with E-state index in [1.165, 1.54) is 22.6 Å². The number of aryl methyl sites for hydroxylation is 1. The molecule has 0 aromatic heterocycles. The highest BCUT2D eigenvalue weighted by Gasteiger charge is 2.21. The van der Waals surface area contributed by atoms with Gasteiger partial charge in [0.2, 0.25) is 0 Å². The first-order valence-corrected chi connectivity index (χ1v) is 6.60. The Morgan fingerprint density at radius 1 is 0.947 bits per heavy atom. The van der Waals surface area contributed by atoms with Crippen molar-refractivity contribution in [2.45, 2.75) is 6.92 Å². The molecule has 3 rings (SSSR count). The molecule has 19 heavy (non-hydrogen) atoms. The molecule has 1 aliphatic heterocycles. The average molecular weight is 253 g/mol. The molecule has 0 aliphatic carbocycles. The van der Waals surface area contributed by atoms with Crippen LogP contribution in [0.1, 0.15) is 5.56 Å². The standard InChI is InChI=1S/C16H19N3/c1-12-7-8-13(17)11-16(12)19-10-9-18(2)14-5-3-4-6-15(14)19/h3-8,11H,9-10,17H2,1-2H3. The van der Waals surface area contributed by atoms with Crippen molar-refractivity contribution in [1.29, 1.82) is 0 Å². The smallest absolute Gasteiger partial charge is 0.0649 e. The average Bonchev–Trinajstić information content (AvgIpc) is 2.43. The van der Waals surface area contributed by atoms with Gasteiger partial charge in [-0.2, -0.15) is 0 Å². The number of nitrogens with two attached hydrogens (primary N) is 1. The van der Waals surface area contributed by atoms with Crippen molar-refractivity contribution in [3.05, 3.63) is 48.0 Å². The van der Waals surface area contributed by atoms with Crippen LogP contribution >= 0.6 is 0 Å². The van der Waals surface area contributed by atoms with E-state index < -0.39 is 0 Å². The molecule has 0 fully saturated rings. The van der Waals surface area contributed by atoms with Gasteiger partial charge in [0, 0.05) is 31.5 Å². The van der Waals surface area contributed by atoms with Crippen LogP contribution in [0.2, 0.25) is 0 Å². The van der Waals surface area contributed by atoms with Crippen LogP contribution in [0.4, 0.5) is 22.7 Å². The van der Waals surface area contributed by atoms with E-state index in [9.17, 15) is 0 Å². The Hall–Kier alpha value is -2.16. The normalized spacial score (nSPS) is 14.4. The van der Waals surface area contributed by atoms with Crippen LogP contribution in [-0.2, 0) is 0 Å². The van der Waals surface area contributed by atoms with Crippen LogP contribution in [0.5, 0.6) is 0 Å². The highest BCUT2D eigenvalue weighted by atomic mass is 15.3. The summed E-state index contributed by atoms with van der Waals surface area (Å²) in [5, 5.41) is 0. The van der Waals surface area contributed by atoms with Gasteiger partial charge >= 0.3 is 0 Å². The van der Waals surface area contributed by atoms with Crippen LogP contribution in [0.15, 0.2) is 42.5 Å². The number of likely N-dealkylation sites (N-methyl/N-ethyl adjacent to an activating group) is 1. The quantitative estimate of drug-likeness (QED) is 0.792. The number of hydrogen-bond donors (Lipinski definition) is 1. The second-order valence-corrected chi connectivity index (χ2v) is 5.11. The van der Waals surface area contributed by atoms with E-state index in [4.69, 9.17) is 5.73 Å². The molecule has 0 saturated heterocycles. The van der Waals surface area contributed by atoms with Crippen molar-refractivity contribution in [2.24, 2.45) is 0 Å². The van der Waals surface area contributed by atoms with Gasteiger partial charge in [0.15, 0.2) is 0 Å². The van der Waals surface area contributed by atoms with E-state index in [0.717, 1.165) is 18.8 Å². The topological polar surface area (TPSA) is 32.5 Å². The van der Waals surface area contributed by atoms with Gasteiger partial charge in [-0.25, -0.2) is 0 Å². The zero-order valence-electron chi connectivity index (χ0n) is 11.4. The summed E-state index contributed by atoms with van der Waals surface area (Å²) in [4.78, 5) is 4.66. The zero-order chi connectivity index (χ0) is 13.4. The Morgan fingerprint density at radius 3 is 2.47 bits per heavy atom. The molecular weight excluding hydrogens is 234 g/mol. The van der Waals surface area contributed by atoms with Crippen LogP contribution in [0.3, 0.4) is 0 Å². The number of benzene rings is 2. The Morgan fingerprint density at radius 2 is 1.68 bits per heavy atom. The van der Waals surface area contributed by atoms with Gasteiger partial charge in [-0.3, -0.25) is 0 Å². The number of anilines is 4. The van der Waals surface area contributed by atoms with Gasteiger partial charge < -0.3 is 15.5 Å². The second kappa shape index (κ2) is 4.50. The minimum atomic E-state index is 0.817. The zero-order valence-corrected chi connectivity index (χ0v) is 11.4. The molecule has 0 radical (unpaired) electrons. The maximum Gasteiger partial charge on any atom is 0.0649 e. The van der Waals surface area contributed by atoms with Gasteiger partial charge in [0.05, 0.1) is 11.4 Å². The summed E-state index contributed by atoms with van der Waals surface area (Å²) < 4.78 is 0. The van der Waals surface area contributed by atoms with E-state index in [1.807, 2.05) is 6.07 Å². The summed E-state index contributed by atoms with van der Waals surface area (Å²) in [5.74, 6) is 0. The molecule has 0 amide bonds. The summed E-state index contributed by atoms with van der Waals surface area (Å²) in [7, 11) is 2.14. The van der Waals surface area contributed by atoms with Gasteiger partial charge in [-0.05, 0) is 36.8 Å². The van der Waals surface area contributed by atoms with Crippen LogP contribution in [0.25, 0.3) is 0 Å². The molecule has 1 aliphatic rings. The molecule has 2 aromatic carbocycles. The summed E-state index contributed by atoms with van der Waals surface area (Å²) in [6.07, 6.45) is 0. The van der Waals surface area contributed by atoms with Crippen molar-refractivity contribution in [1.82, 2.24) is 0 Å². The molecule has 0 atom stereocenters. The number of nitrogen functional groups attached to an aromatic ring is 1. The van der Waals surface area contributed by atoms with Crippen LogP contribution in [-0.4, -0.2) is 20.1 Å². The molecule has 2 aromatic rings. The summed E-state index contributed by atoms with van der Waals surface area (Å²) in [6.45, 7) is 4.14. The second-order valence-electron chi connectivity index (χ2n) is 5.11. The fourth-order valence-corrected chi connectivity index (χ4v) is 2.67. The minimum absolute atomic E-state index is 0.817. The first-order chi connectivity index (χ1) is 9.16. The SMILES string of the molecule is Cc1ccc(N)cc1N1CCN(C)c2ccccc21. The van der Waals surface area contributed by atoms with Crippen LogP contribution < -0.4 is 15.5 Å². The maximum atomic E-state index is 5.94. The molecule has 0 spiro atoms. The van der Waals surface area contributed by atoms with Gasteiger partial charge in [-0.15, -0.1) is 0 Å². The lowest BCUT2D eigenvalue weighted by atomic mass is 10.1. The van der Waals surface area contributed by atoms with E-state index in [0.29, 0.717) is 0 Å². The van der Waals surface area contributed by atoms with E-state index >= 15 is 0 Å². The third-order valence-corrected chi connectivity index (χ3v) is 3.77. The first-order valence-electron chi connectivity index (χ1n) is 6.60. The number of hydrogen-bond acceptors (Lipinski definition) is 3. The Bertz CT molecular complexity index is 607. The Balaban J connectivity index is 2.12. The summed E-state index contributed by atoms with van der Waals surface area (Å²) in [6, 6.07) is 14.6. The van der Waals surface area contributed by atoms with E-state index in [2.05, 4.69) is 60.2 Å². The summed E-state index contributed by atoms with van der Waals surface area (Å²) >= 11 is 0. The molecule has 0 bridgehead atoms. The minimum Gasteiger partial charge on any atom is -0.399 e. The van der Waals surface area contributed by atoms with Crippen molar-refractivity contribution in [2.75, 3.05) is 35.7 Å². The number of nitrogens with zero attached hydrogens (tertiary/aromatic N) is 2. The number of rotatable bonds is 1. The monoisotopic (exact) mass is 253 g/mol. The fourth-order valence-electron chi connectivity index (χ4n) is 2.67. The summed E-state index contributed by atoms with van der Waals surface area (Å²) in [5.41, 5.74) is 11.8. The van der Waals surface area contributed by atoms with Gasteiger partial charge in [0.1, 0.15) is 0 Å². The third-order valence-electron chi connectivity index (χ3n) is 3.77. The lowest BCUT2D eigenvalue weighted by molar-refractivity contribution is 0.820. The van der Waals surface area contributed by atoms with Crippen molar-refractivity contribution >= 4 is 22.7 Å². The Kier molecular flexibility index (Phi) is 2.82. The van der Waals surface area contributed by atoms with Crippen LogP contribution in [0, 0.1) is 6.92 Å². The molecule has 0 unspecified atom stereocenters. The highest BCUT2D eigenvalue weighted by Crippen LogP contribution is 2.38. The lowest BCUT2D eigenvalue weighted by Gasteiger charge is -2.37. The number of fused-ring (bicyclic) bond motifs is 1. The largest absolute Gasteiger partial charge is 0.399 e. The van der Waals surface area contributed by atoms with Crippen molar-refractivity contribution in [3.63, 3.8) is 0 Å².